The van der Waals surface area contributed by atoms with Gasteiger partial charge in [0, 0.05) is 23.4 Å². The maximum Gasteiger partial charge on any atom is 0.119 e. The third-order valence-corrected chi connectivity index (χ3v) is 3.85. The van der Waals surface area contributed by atoms with E-state index in [-0.39, 0.29) is 5.54 Å². The van der Waals surface area contributed by atoms with E-state index in [9.17, 15) is 0 Å². The van der Waals surface area contributed by atoms with Crippen molar-refractivity contribution in [2.45, 2.75) is 39.3 Å². The first-order chi connectivity index (χ1) is 9.53. The van der Waals surface area contributed by atoms with E-state index in [4.69, 9.17) is 4.74 Å². The van der Waals surface area contributed by atoms with Gasteiger partial charge in [0.15, 0.2) is 0 Å². The number of rotatable bonds is 6. The smallest absolute Gasteiger partial charge is 0.119 e. The number of thiophene rings is 1. The topological polar surface area (TPSA) is 21.3 Å². The highest BCUT2D eigenvalue weighted by atomic mass is 32.1. The number of ether oxygens (including phenoxy) is 1. The van der Waals surface area contributed by atoms with Crippen LogP contribution in [0.4, 0.5) is 0 Å². The Kier molecular flexibility index (Phi) is 5.21. The zero-order valence-corrected chi connectivity index (χ0v) is 13.3. The molecule has 2 nitrogen and oxygen atoms in total. The molecule has 1 heterocycles. The molecular weight excluding hydrogens is 266 g/mol. The lowest BCUT2D eigenvalue weighted by molar-refractivity contribution is 0.322. The number of benzene rings is 1. The van der Waals surface area contributed by atoms with E-state index >= 15 is 0 Å². The quantitative estimate of drug-likeness (QED) is 0.858. The summed E-state index contributed by atoms with van der Waals surface area (Å²) in [6.07, 6.45) is 0.974. The first kappa shape index (κ1) is 15.1. The number of hydrogen-bond acceptors (Lipinski definition) is 3. The van der Waals surface area contributed by atoms with Crippen molar-refractivity contribution in [2.75, 3.05) is 6.61 Å². The van der Waals surface area contributed by atoms with Crippen molar-refractivity contribution in [3.05, 3.63) is 52.2 Å². The highest BCUT2D eigenvalue weighted by molar-refractivity contribution is 7.09. The van der Waals surface area contributed by atoms with Gasteiger partial charge in [-0.25, -0.2) is 0 Å². The first-order valence-electron chi connectivity index (χ1n) is 7.02. The molecule has 0 saturated carbocycles. The van der Waals surface area contributed by atoms with Gasteiger partial charge in [-0.1, -0.05) is 18.2 Å². The summed E-state index contributed by atoms with van der Waals surface area (Å²) < 4.78 is 5.83. The molecule has 0 bridgehead atoms. The Bertz CT molecular complexity index is 514. The van der Waals surface area contributed by atoms with Gasteiger partial charge in [-0.15, -0.1) is 11.3 Å². The van der Waals surface area contributed by atoms with Crippen LogP contribution in [0.5, 0.6) is 5.75 Å². The van der Waals surface area contributed by atoms with Crippen molar-refractivity contribution < 1.29 is 4.74 Å². The van der Waals surface area contributed by atoms with Gasteiger partial charge in [0.05, 0.1) is 6.61 Å². The zero-order chi connectivity index (χ0) is 14.4. The molecule has 2 rings (SSSR count). The van der Waals surface area contributed by atoms with Crippen LogP contribution in [0, 0.1) is 0 Å². The normalized spacial score (nSPS) is 11.6. The van der Waals surface area contributed by atoms with Crippen LogP contribution in [0.15, 0.2) is 41.8 Å². The van der Waals surface area contributed by atoms with Gasteiger partial charge in [0.1, 0.15) is 5.75 Å². The fourth-order valence-corrected chi connectivity index (χ4v) is 2.53. The molecule has 108 valence electrons. The van der Waals surface area contributed by atoms with E-state index in [1.165, 1.54) is 10.4 Å². The lowest BCUT2D eigenvalue weighted by Gasteiger charge is -2.20. The maximum absolute atomic E-state index is 5.83. The van der Waals surface area contributed by atoms with Gasteiger partial charge in [0.2, 0.25) is 0 Å². The molecule has 2 aromatic rings. The largest absolute Gasteiger partial charge is 0.493 e. The summed E-state index contributed by atoms with van der Waals surface area (Å²) in [6, 6.07) is 12.6. The van der Waals surface area contributed by atoms with Crippen molar-refractivity contribution in [1.82, 2.24) is 5.32 Å². The Labute approximate surface area is 125 Å². The van der Waals surface area contributed by atoms with Crippen LogP contribution in [0.3, 0.4) is 0 Å². The predicted octanol–water partition coefficient (Wildman–Crippen LogP) is 4.26. The fourth-order valence-electron chi connectivity index (χ4n) is 1.84. The third kappa shape index (κ3) is 5.35. The van der Waals surface area contributed by atoms with Crippen molar-refractivity contribution in [1.29, 1.82) is 0 Å². The second kappa shape index (κ2) is 6.91. The monoisotopic (exact) mass is 289 g/mol. The molecular formula is C17H23NOS. The van der Waals surface area contributed by atoms with Crippen LogP contribution in [0.2, 0.25) is 0 Å². The van der Waals surface area contributed by atoms with Gasteiger partial charge in [-0.05, 0) is 49.9 Å². The Balaban J connectivity index is 1.83. The van der Waals surface area contributed by atoms with Crippen LogP contribution in [0.1, 0.15) is 31.2 Å². The van der Waals surface area contributed by atoms with Gasteiger partial charge >= 0.3 is 0 Å². The molecule has 0 amide bonds. The van der Waals surface area contributed by atoms with E-state index < -0.39 is 0 Å². The summed E-state index contributed by atoms with van der Waals surface area (Å²) >= 11 is 1.78. The summed E-state index contributed by atoms with van der Waals surface area (Å²) in [5, 5.41) is 5.60. The molecule has 0 aliphatic rings. The lowest BCUT2D eigenvalue weighted by atomic mass is 10.1. The maximum atomic E-state index is 5.83. The van der Waals surface area contributed by atoms with E-state index in [2.05, 4.69) is 61.8 Å². The number of hydrogen-bond donors (Lipinski definition) is 1. The number of nitrogens with one attached hydrogen (secondary N) is 1. The van der Waals surface area contributed by atoms with Crippen LogP contribution in [-0.2, 0) is 13.0 Å². The molecule has 1 aromatic heterocycles. The minimum Gasteiger partial charge on any atom is -0.493 e. The third-order valence-electron chi connectivity index (χ3n) is 2.92. The molecule has 20 heavy (non-hydrogen) atoms. The van der Waals surface area contributed by atoms with Crippen LogP contribution in [0.25, 0.3) is 0 Å². The van der Waals surface area contributed by atoms with E-state index in [1.54, 1.807) is 11.3 Å². The molecule has 0 fully saturated rings. The molecule has 0 saturated heterocycles. The average molecular weight is 289 g/mol. The Morgan fingerprint density at radius 3 is 2.70 bits per heavy atom. The summed E-state index contributed by atoms with van der Waals surface area (Å²) in [6.45, 7) is 8.12. The van der Waals surface area contributed by atoms with E-state index in [0.717, 1.165) is 25.3 Å². The van der Waals surface area contributed by atoms with Gasteiger partial charge in [-0.3, -0.25) is 0 Å². The molecule has 0 aliphatic carbocycles. The van der Waals surface area contributed by atoms with E-state index in [0.29, 0.717) is 0 Å². The second-order valence-corrected chi connectivity index (χ2v) is 6.96. The van der Waals surface area contributed by atoms with Crippen molar-refractivity contribution in [2.24, 2.45) is 0 Å². The molecule has 1 N–H and O–H groups in total. The highest BCUT2D eigenvalue weighted by Gasteiger charge is 2.08. The highest BCUT2D eigenvalue weighted by Crippen LogP contribution is 2.15. The molecule has 0 aliphatic heterocycles. The van der Waals surface area contributed by atoms with E-state index in [1.807, 2.05) is 6.07 Å². The van der Waals surface area contributed by atoms with Crippen LogP contribution < -0.4 is 10.1 Å². The van der Waals surface area contributed by atoms with Crippen molar-refractivity contribution >= 4 is 11.3 Å². The molecule has 0 radical (unpaired) electrons. The lowest BCUT2D eigenvalue weighted by Crippen LogP contribution is -2.35. The summed E-state index contributed by atoms with van der Waals surface area (Å²) in [4.78, 5) is 1.37. The fraction of sp³-hybridized carbons (Fsp3) is 0.412. The standard InChI is InChI=1S/C17H23NOS/c1-17(2,3)18-13-14-6-4-7-15(12-14)19-10-9-16-8-5-11-20-16/h4-8,11-12,18H,9-10,13H2,1-3H3. The van der Waals surface area contributed by atoms with Gasteiger partial charge in [-0.2, -0.15) is 0 Å². The molecule has 3 heteroatoms. The SMILES string of the molecule is CC(C)(C)NCc1cccc(OCCc2cccs2)c1. The molecule has 0 unspecified atom stereocenters. The van der Waals surface area contributed by atoms with Crippen LogP contribution >= 0.6 is 11.3 Å². The minimum atomic E-state index is 0.135. The predicted molar refractivity (Wildman–Crippen MR) is 86.6 cm³/mol. The Morgan fingerprint density at radius 1 is 1.15 bits per heavy atom. The van der Waals surface area contributed by atoms with Crippen molar-refractivity contribution in [3.8, 4) is 5.75 Å². The zero-order valence-electron chi connectivity index (χ0n) is 12.5. The summed E-state index contributed by atoms with van der Waals surface area (Å²) in [5.41, 5.74) is 1.39. The minimum absolute atomic E-state index is 0.135. The molecule has 0 atom stereocenters. The Morgan fingerprint density at radius 2 is 2.00 bits per heavy atom. The Hall–Kier alpha value is -1.32. The summed E-state index contributed by atoms with van der Waals surface area (Å²) in [7, 11) is 0. The van der Waals surface area contributed by atoms with Crippen molar-refractivity contribution in [3.63, 3.8) is 0 Å². The van der Waals surface area contributed by atoms with Gasteiger partial charge < -0.3 is 10.1 Å². The van der Waals surface area contributed by atoms with Gasteiger partial charge in [0.25, 0.3) is 0 Å². The summed E-state index contributed by atoms with van der Waals surface area (Å²) in [5.74, 6) is 0.953. The molecule has 1 aromatic carbocycles. The molecule has 0 spiro atoms. The average Bonchev–Trinajstić information content (AvgIpc) is 2.89. The second-order valence-electron chi connectivity index (χ2n) is 5.93. The van der Waals surface area contributed by atoms with Crippen LogP contribution in [-0.4, -0.2) is 12.1 Å². The first-order valence-corrected chi connectivity index (χ1v) is 7.90.